The second-order valence-corrected chi connectivity index (χ2v) is 10.0. The molecule has 1 aromatic rings. The number of benzene rings is 1. The second kappa shape index (κ2) is 7.84. The number of hydrogen-bond acceptors (Lipinski definition) is 4. The maximum absolute atomic E-state index is 12.9. The van der Waals surface area contributed by atoms with Crippen LogP contribution in [0.5, 0.6) is 5.75 Å². The summed E-state index contributed by atoms with van der Waals surface area (Å²) in [6.07, 6.45) is 8.22. The Morgan fingerprint density at radius 3 is 2.23 bits per heavy atom. The summed E-state index contributed by atoms with van der Waals surface area (Å²) in [7, 11) is 0. The second-order valence-electron chi connectivity index (χ2n) is 10.0. The number of carbonyl (C=O) groups is 3. The molecule has 5 fully saturated rings. The fourth-order valence-corrected chi connectivity index (χ4v) is 6.57. The quantitative estimate of drug-likeness (QED) is 0.668. The number of carboxylic acids is 1. The molecule has 0 heterocycles. The van der Waals surface area contributed by atoms with E-state index < -0.39 is 11.5 Å². The van der Waals surface area contributed by atoms with Gasteiger partial charge in [0.1, 0.15) is 11.3 Å². The third-order valence-electron chi connectivity index (χ3n) is 7.79. The van der Waals surface area contributed by atoms with E-state index in [4.69, 9.17) is 9.84 Å². The number of rotatable bonds is 5. The number of nitrogens with one attached hydrogen (secondary N) is 2. The molecule has 166 valence electrons. The van der Waals surface area contributed by atoms with Gasteiger partial charge < -0.3 is 20.5 Å². The van der Waals surface area contributed by atoms with Crippen molar-refractivity contribution in [3.05, 3.63) is 29.8 Å². The lowest BCUT2D eigenvalue weighted by molar-refractivity contribution is -0.144. The Kier molecular flexibility index (Phi) is 5.15. The van der Waals surface area contributed by atoms with Crippen LogP contribution in [0.25, 0.3) is 0 Å². The first-order chi connectivity index (χ1) is 14.9. The molecule has 2 amide bonds. The summed E-state index contributed by atoms with van der Waals surface area (Å²) in [6.45, 7) is 0. The van der Waals surface area contributed by atoms with Crippen LogP contribution in [-0.2, 0) is 4.79 Å². The van der Waals surface area contributed by atoms with Crippen molar-refractivity contribution >= 4 is 17.8 Å². The standard InChI is InChI=1S/C24H30N2O5/c27-21-17-10-14-9-15(11-17)13-24(21,12-14)26-23(30)25-18-3-7-20(8-4-18)31-19-5-1-16(2-6-19)22(28)29/h1-2,5-6,14-15,17-18,20H,3-4,7-13H2,(H,28,29)(H2,25,26,30). The van der Waals surface area contributed by atoms with Crippen molar-refractivity contribution in [1.82, 2.24) is 10.6 Å². The van der Waals surface area contributed by atoms with Crippen molar-refractivity contribution in [1.29, 1.82) is 0 Å². The molecule has 7 heteroatoms. The van der Waals surface area contributed by atoms with E-state index in [1.807, 2.05) is 0 Å². The largest absolute Gasteiger partial charge is 0.490 e. The van der Waals surface area contributed by atoms with Gasteiger partial charge in [0.15, 0.2) is 5.78 Å². The molecule has 0 spiro atoms. The number of carboxylic acid groups (broad SMARTS) is 1. The zero-order valence-corrected chi connectivity index (χ0v) is 17.6. The number of urea groups is 1. The van der Waals surface area contributed by atoms with E-state index in [0.717, 1.165) is 51.4 Å². The maximum atomic E-state index is 12.9. The van der Waals surface area contributed by atoms with Crippen LogP contribution < -0.4 is 15.4 Å². The SMILES string of the molecule is O=C(NC1CCC(Oc2ccc(C(=O)O)cc2)CC1)NC12CC3CC(CC(C3)C1=O)C2. The van der Waals surface area contributed by atoms with Crippen LogP contribution >= 0.6 is 0 Å². The summed E-state index contributed by atoms with van der Waals surface area (Å²) < 4.78 is 5.98. The number of Topliss-reactive ketones (excluding diaryl/α,β-unsaturated/α-hetero) is 1. The number of carbonyl (C=O) groups excluding carboxylic acids is 2. The van der Waals surface area contributed by atoms with Gasteiger partial charge in [0.2, 0.25) is 0 Å². The van der Waals surface area contributed by atoms with Crippen LogP contribution in [0.1, 0.15) is 68.1 Å². The number of ketones is 1. The first kappa shape index (κ1) is 20.3. The predicted molar refractivity (Wildman–Crippen MR) is 113 cm³/mol. The monoisotopic (exact) mass is 426 g/mol. The van der Waals surface area contributed by atoms with Crippen LogP contribution in [0.4, 0.5) is 4.79 Å². The van der Waals surface area contributed by atoms with Crippen LogP contribution in [0.15, 0.2) is 24.3 Å². The number of ether oxygens (including phenoxy) is 1. The van der Waals surface area contributed by atoms with Gasteiger partial charge >= 0.3 is 12.0 Å². The van der Waals surface area contributed by atoms with Crippen LogP contribution in [0.3, 0.4) is 0 Å². The Morgan fingerprint density at radius 1 is 0.968 bits per heavy atom. The molecule has 1 aromatic carbocycles. The van der Waals surface area contributed by atoms with Crippen molar-refractivity contribution in [2.24, 2.45) is 17.8 Å². The summed E-state index contributed by atoms with van der Waals surface area (Å²) in [5.41, 5.74) is -0.384. The van der Waals surface area contributed by atoms with Gasteiger partial charge in [-0.05, 0) is 93.9 Å². The molecule has 6 rings (SSSR count). The Labute approximate surface area is 181 Å². The molecule has 31 heavy (non-hydrogen) atoms. The normalized spacial score (nSPS) is 36.1. The first-order valence-electron chi connectivity index (χ1n) is 11.5. The Balaban J connectivity index is 1.10. The fraction of sp³-hybridized carbons (Fsp3) is 0.625. The highest BCUT2D eigenvalue weighted by atomic mass is 16.5. The highest BCUT2D eigenvalue weighted by Crippen LogP contribution is 2.53. The summed E-state index contributed by atoms with van der Waals surface area (Å²) >= 11 is 0. The molecule has 2 unspecified atom stereocenters. The van der Waals surface area contributed by atoms with Gasteiger partial charge in [-0.15, -0.1) is 0 Å². The van der Waals surface area contributed by atoms with Crippen LogP contribution in [0.2, 0.25) is 0 Å². The van der Waals surface area contributed by atoms with Crippen LogP contribution in [0, 0.1) is 17.8 Å². The molecule has 5 aliphatic rings. The molecule has 0 aromatic heterocycles. The van der Waals surface area contributed by atoms with Gasteiger partial charge in [0, 0.05) is 12.0 Å². The molecule has 0 radical (unpaired) electrons. The highest BCUT2D eigenvalue weighted by molar-refractivity contribution is 5.96. The smallest absolute Gasteiger partial charge is 0.335 e. The van der Waals surface area contributed by atoms with Gasteiger partial charge in [-0.3, -0.25) is 4.79 Å². The highest BCUT2D eigenvalue weighted by Gasteiger charge is 2.57. The molecule has 5 saturated carbocycles. The van der Waals surface area contributed by atoms with E-state index >= 15 is 0 Å². The van der Waals surface area contributed by atoms with Crippen LogP contribution in [-0.4, -0.2) is 40.6 Å². The van der Waals surface area contributed by atoms with Gasteiger partial charge in [-0.2, -0.15) is 0 Å². The third kappa shape index (κ3) is 4.02. The van der Waals surface area contributed by atoms with E-state index in [1.165, 1.54) is 6.42 Å². The predicted octanol–water partition coefficient (Wildman–Crippen LogP) is 3.52. The molecular weight excluding hydrogens is 396 g/mol. The van der Waals surface area contributed by atoms with E-state index in [1.54, 1.807) is 24.3 Å². The van der Waals surface area contributed by atoms with Gasteiger partial charge in [-0.1, -0.05) is 0 Å². The minimum Gasteiger partial charge on any atom is -0.490 e. The molecule has 7 nitrogen and oxygen atoms in total. The topological polar surface area (TPSA) is 105 Å². The van der Waals surface area contributed by atoms with E-state index in [9.17, 15) is 14.4 Å². The summed E-state index contributed by atoms with van der Waals surface area (Å²) in [5, 5.41) is 15.2. The van der Waals surface area contributed by atoms with Gasteiger partial charge in [0.05, 0.1) is 11.7 Å². The molecular formula is C24H30N2O5. The number of hydrogen-bond donors (Lipinski definition) is 3. The molecule has 4 bridgehead atoms. The minimum atomic E-state index is -0.952. The molecule has 0 aliphatic heterocycles. The number of amides is 2. The maximum Gasteiger partial charge on any atom is 0.335 e. The lowest BCUT2D eigenvalue weighted by Gasteiger charge is -2.55. The Morgan fingerprint density at radius 2 is 1.61 bits per heavy atom. The fourth-order valence-electron chi connectivity index (χ4n) is 6.57. The van der Waals surface area contributed by atoms with Crippen molar-refractivity contribution in [3.8, 4) is 5.75 Å². The van der Waals surface area contributed by atoms with Crippen molar-refractivity contribution in [2.45, 2.75) is 75.5 Å². The third-order valence-corrected chi connectivity index (χ3v) is 7.79. The van der Waals surface area contributed by atoms with E-state index in [2.05, 4.69) is 10.6 Å². The van der Waals surface area contributed by atoms with Gasteiger partial charge in [-0.25, -0.2) is 9.59 Å². The average Bonchev–Trinajstić information content (AvgIpc) is 2.73. The first-order valence-corrected chi connectivity index (χ1v) is 11.5. The zero-order chi connectivity index (χ0) is 21.6. The lowest BCUT2D eigenvalue weighted by atomic mass is 9.52. The van der Waals surface area contributed by atoms with Crippen molar-refractivity contribution in [3.63, 3.8) is 0 Å². The molecule has 0 saturated heterocycles. The van der Waals surface area contributed by atoms with Crippen molar-refractivity contribution in [2.75, 3.05) is 0 Å². The Hall–Kier alpha value is -2.57. The van der Waals surface area contributed by atoms with E-state index in [0.29, 0.717) is 17.6 Å². The minimum absolute atomic E-state index is 0.0570. The van der Waals surface area contributed by atoms with Crippen molar-refractivity contribution < 1.29 is 24.2 Å². The molecule has 5 aliphatic carbocycles. The Bertz CT molecular complexity index is 860. The average molecular weight is 427 g/mol. The zero-order valence-electron chi connectivity index (χ0n) is 17.6. The van der Waals surface area contributed by atoms with E-state index in [-0.39, 0.29) is 35.4 Å². The summed E-state index contributed by atoms with van der Waals surface area (Å²) in [6, 6.07) is 6.33. The molecule has 2 atom stereocenters. The summed E-state index contributed by atoms with van der Waals surface area (Å²) in [5.74, 6) is 1.32. The van der Waals surface area contributed by atoms with Gasteiger partial charge in [0.25, 0.3) is 0 Å². The lowest BCUT2D eigenvalue weighted by Crippen LogP contribution is -2.67. The number of aromatic carboxylic acids is 1. The summed E-state index contributed by atoms with van der Waals surface area (Å²) in [4.78, 5) is 36.6. The molecule has 3 N–H and O–H groups in total.